The van der Waals surface area contributed by atoms with E-state index >= 15 is 0 Å². The van der Waals surface area contributed by atoms with Gasteiger partial charge in [0.25, 0.3) is 0 Å². The summed E-state index contributed by atoms with van der Waals surface area (Å²) < 4.78 is 0. The summed E-state index contributed by atoms with van der Waals surface area (Å²) in [6.45, 7) is 6.24. The summed E-state index contributed by atoms with van der Waals surface area (Å²) in [4.78, 5) is 14.1. The van der Waals surface area contributed by atoms with Crippen molar-refractivity contribution in [1.29, 1.82) is 0 Å². The van der Waals surface area contributed by atoms with E-state index in [-0.39, 0.29) is 5.91 Å². The highest BCUT2D eigenvalue weighted by molar-refractivity contribution is 6.30. The van der Waals surface area contributed by atoms with Gasteiger partial charge < -0.3 is 10.2 Å². The number of likely N-dealkylation sites (tertiary alicyclic amines) is 1. The van der Waals surface area contributed by atoms with Gasteiger partial charge in [-0.2, -0.15) is 0 Å². The fourth-order valence-corrected chi connectivity index (χ4v) is 2.90. The maximum Gasteiger partial charge on any atom is 0.222 e. The Morgan fingerprint density at radius 2 is 2.14 bits per heavy atom. The standard InChI is InChI=1S/C17H23ClN2O/c1-2-11-19-12-9-16-7-8-17(21)20(16)13-10-14-3-5-15(18)6-4-14/h2-6,16,19H,1,7-13H2/t16-/m1/s1. The van der Waals surface area contributed by atoms with Gasteiger partial charge in [-0.05, 0) is 43.5 Å². The molecule has 0 radical (unpaired) electrons. The van der Waals surface area contributed by atoms with Crippen molar-refractivity contribution < 1.29 is 4.79 Å². The maximum atomic E-state index is 12.0. The molecule has 1 aromatic rings. The molecule has 21 heavy (non-hydrogen) atoms. The van der Waals surface area contributed by atoms with Gasteiger partial charge in [-0.25, -0.2) is 0 Å². The van der Waals surface area contributed by atoms with E-state index in [1.54, 1.807) is 0 Å². The second-order valence-electron chi connectivity index (χ2n) is 5.44. The molecule has 1 aromatic carbocycles. The molecule has 0 saturated carbocycles. The zero-order valence-corrected chi connectivity index (χ0v) is 13.1. The number of rotatable bonds is 8. The molecule has 1 N–H and O–H groups in total. The molecule has 114 valence electrons. The zero-order valence-electron chi connectivity index (χ0n) is 12.4. The lowest BCUT2D eigenvalue weighted by atomic mass is 10.1. The van der Waals surface area contributed by atoms with E-state index in [9.17, 15) is 4.79 Å². The first-order valence-corrected chi connectivity index (χ1v) is 7.94. The predicted octanol–water partition coefficient (Wildman–Crippen LogP) is 3.04. The van der Waals surface area contributed by atoms with Gasteiger partial charge in [0.2, 0.25) is 5.91 Å². The molecule has 0 unspecified atom stereocenters. The second kappa shape index (κ2) is 8.20. The van der Waals surface area contributed by atoms with Crippen LogP contribution in [-0.2, 0) is 11.2 Å². The molecule has 1 saturated heterocycles. The smallest absolute Gasteiger partial charge is 0.222 e. The summed E-state index contributed by atoms with van der Waals surface area (Å²) in [7, 11) is 0. The molecule has 3 nitrogen and oxygen atoms in total. The van der Waals surface area contributed by atoms with Gasteiger partial charge in [-0.1, -0.05) is 29.8 Å². The van der Waals surface area contributed by atoms with E-state index in [2.05, 4.69) is 11.9 Å². The Morgan fingerprint density at radius 1 is 1.38 bits per heavy atom. The van der Waals surface area contributed by atoms with Crippen molar-refractivity contribution in [3.63, 3.8) is 0 Å². The summed E-state index contributed by atoms with van der Waals surface area (Å²) in [6.07, 6.45) is 5.43. The minimum atomic E-state index is 0.290. The number of carbonyl (C=O) groups is 1. The molecular formula is C17H23ClN2O. The molecule has 1 amide bonds. The highest BCUT2D eigenvalue weighted by Gasteiger charge is 2.29. The van der Waals surface area contributed by atoms with Crippen LogP contribution in [0.2, 0.25) is 5.02 Å². The topological polar surface area (TPSA) is 32.3 Å². The van der Waals surface area contributed by atoms with Gasteiger partial charge >= 0.3 is 0 Å². The molecular weight excluding hydrogens is 284 g/mol. The fraction of sp³-hybridized carbons (Fsp3) is 0.471. The van der Waals surface area contributed by atoms with E-state index < -0.39 is 0 Å². The lowest BCUT2D eigenvalue weighted by molar-refractivity contribution is -0.128. The molecule has 0 aliphatic carbocycles. The lowest BCUT2D eigenvalue weighted by Gasteiger charge is -2.25. The second-order valence-corrected chi connectivity index (χ2v) is 5.87. The monoisotopic (exact) mass is 306 g/mol. The number of halogens is 1. The largest absolute Gasteiger partial charge is 0.339 e. The number of benzene rings is 1. The van der Waals surface area contributed by atoms with Crippen molar-refractivity contribution in [2.24, 2.45) is 0 Å². The Morgan fingerprint density at radius 3 is 2.86 bits per heavy atom. The molecule has 2 rings (SSSR count). The summed E-state index contributed by atoms with van der Waals surface area (Å²) in [5, 5.41) is 4.06. The number of hydrogen-bond donors (Lipinski definition) is 1. The normalized spacial score (nSPS) is 18.2. The fourth-order valence-electron chi connectivity index (χ4n) is 2.77. The summed E-state index contributed by atoms with van der Waals surface area (Å²) in [5.41, 5.74) is 1.22. The van der Waals surface area contributed by atoms with Crippen molar-refractivity contribution in [3.05, 3.63) is 47.5 Å². The molecule has 1 aliphatic rings. The third-order valence-corrected chi connectivity index (χ3v) is 4.20. The summed E-state index contributed by atoms with van der Waals surface area (Å²) >= 11 is 5.89. The number of nitrogens with one attached hydrogen (secondary N) is 1. The van der Waals surface area contributed by atoms with Gasteiger partial charge in [0, 0.05) is 30.6 Å². The first-order valence-electron chi connectivity index (χ1n) is 7.56. The van der Waals surface area contributed by atoms with Crippen LogP contribution >= 0.6 is 11.6 Å². The van der Waals surface area contributed by atoms with E-state index in [0.717, 1.165) is 43.9 Å². The van der Waals surface area contributed by atoms with Crippen LogP contribution in [0.1, 0.15) is 24.8 Å². The van der Waals surface area contributed by atoms with Crippen molar-refractivity contribution in [2.75, 3.05) is 19.6 Å². The molecule has 0 spiro atoms. The first-order chi connectivity index (χ1) is 10.2. The molecule has 0 bridgehead atoms. The Labute approximate surface area is 132 Å². The Hall–Kier alpha value is -1.32. The van der Waals surface area contributed by atoms with Gasteiger partial charge in [0.15, 0.2) is 0 Å². The van der Waals surface area contributed by atoms with Gasteiger partial charge in [-0.3, -0.25) is 4.79 Å². The van der Waals surface area contributed by atoms with Crippen LogP contribution in [0.15, 0.2) is 36.9 Å². The maximum absolute atomic E-state index is 12.0. The lowest BCUT2D eigenvalue weighted by Crippen LogP contribution is -2.36. The van der Waals surface area contributed by atoms with Crippen LogP contribution in [0, 0.1) is 0 Å². The average molecular weight is 307 g/mol. The molecule has 4 heteroatoms. The molecule has 1 aliphatic heterocycles. The van der Waals surface area contributed by atoms with Gasteiger partial charge in [0.05, 0.1) is 0 Å². The number of carbonyl (C=O) groups excluding carboxylic acids is 1. The van der Waals surface area contributed by atoms with Crippen LogP contribution in [0.3, 0.4) is 0 Å². The zero-order chi connectivity index (χ0) is 15.1. The minimum Gasteiger partial charge on any atom is -0.339 e. The molecule has 1 fully saturated rings. The molecule has 0 aromatic heterocycles. The van der Waals surface area contributed by atoms with Crippen molar-refractivity contribution in [2.45, 2.75) is 31.7 Å². The van der Waals surface area contributed by atoms with Crippen LogP contribution < -0.4 is 5.32 Å². The third-order valence-electron chi connectivity index (χ3n) is 3.95. The highest BCUT2D eigenvalue weighted by atomic mass is 35.5. The van der Waals surface area contributed by atoms with Crippen LogP contribution in [0.5, 0.6) is 0 Å². The van der Waals surface area contributed by atoms with E-state index in [1.165, 1.54) is 5.56 Å². The SMILES string of the molecule is C=CCNCC[C@H]1CCC(=O)N1CCc1ccc(Cl)cc1. The molecule has 1 heterocycles. The number of nitrogens with zero attached hydrogens (tertiary/aromatic N) is 1. The quantitative estimate of drug-likeness (QED) is 0.591. The van der Waals surface area contributed by atoms with Gasteiger partial charge in [-0.15, -0.1) is 6.58 Å². The van der Waals surface area contributed by atoms with Crippen molar-refractivity contribution in [1.82, 2.24) is 10.2 Å². The van der Waals surface area contributed by atoms with Crippen molar-refractivity contribution >= 4 is 17.5 Å². The number of hydrogen-bond acceptors (Lipinski definition) is 2. The predicted molar refractivity (Wildman–Crippen MR) is 87.6 cm³/mol. The summed E-state index contributed by atoms with van der Waals surface area (Å²) in [5.74, 6) is 0.290. The first kappa shape index (κ1) is 16.1. The highest BCUT2D eigenvalue weighted by Crippen LogP contribution is 2.21. The van der Waals surface area contributed by atoms with Gasteiger partial charge in [0.1, 0.15) is 0 Å². The Bertz CT molecular complexity index is 472. The van der Waals surface area contributed by atoms with E-state index in [4.69, 9.17) is 11.6 Å². The third kappa shape index (κ3) is 4.87. The average Bonchev–Trinajstić information content (AvgIpc) is 2.84. The Balaban J connectivity index is 1.82. The van der Waals surface area contributed by atoms with Crippen LogP contribution in [0.25, 0.3) is 0 Å². The summed E-state index contributed by atoms with van der Waals surface area (Å²) in [6, 6.07) is 8.24. The minimum absolute atomic E-state index is 0.290. The van der Waals surface area contributed by atoms with E-state index in [1.807, 2.05) is 35.2 Å². The van der Waals surface area contributed by atoms with Crippen LogP contribution in [0.4, 0.5) is 0 Å². The van der Waals surface area contributed by atoms with Crippen LogP contribution in [-0.4, -0.2) is 36.5 Å². The molecule has 1 atom stereocenters. The Kier molecular flexibility index (Phi) is 6.27. The van der Waals surface area contributed by atoms with E-state index in [0.29, 0.717) is 12.5 Å². The van der Waals surface area contributed by atoms with Crippen molar-refractivity contribution in [3.8, 4) is 0 Å². The number of amides is 1.